The van der Waals surface area contributed by atoms with Crippen LogP contribution in [0.1, 0.15) is 49.1 Å². The molecule has 1 atom stereocenters. The van der Waals surface area contributed by atoms with E-state index in [-0.39, 0.29) is 17.4 Å². The number of carbonyl (C=O) groups is 2. The van der Waals surface area contributed by atoms with Gasteiger partial charge in [0.25, 0.3) is 11.7 Å². The van der Waals surface area contributed by atoms with Gasteiger partial charge >= 0.3 is 0 Å². The Labute approximate surface area is 223 Å². The van der Waals surface area contributed by atoms with E-state index in [2.05, 4.69) is 0 Å². The van der Waals surface area contributed by atoms with Crippen LogP contribution in [0.15, 0.2) is 66.2 Å². The Bertz CT molecular complexity index is 1390. The molecule has 3 aromatic carbocycles. The average Bonchev–Trinajstić information content (AvgIpc) is 3.15. The standard InChI is InChI=1S/C31H33NO6/c1-7-37-26-17-22(13-16-25(26)36-6)28-27(29(33)21-11-14-23(15-12-21)38-18(2)3)30(34)31(35)32(28)24-10-8-9-19(4)20(24)5/h8-18,28,33H,7H2,1-6H3/b29-27+. The van der Waals surface area contributed by atoms with Crippen LogP contribution in [0.3, 0.4) is 0 Å². The SMILES string of the molecule is CCOc1cc(C2/C(=C(\O)c3ccc(OC(C)C)cc3)C(=O)C(=O)N2c2cccc(C)c2C)ccc1OC. The first kappa shape index (κ1) is 26.8. The number of aliphatic hydroxyl groups is 1. The largest absolute Gasteiger partial charge is 0.507 e. The van der Waals surface area contributed by atoms with Crippen molar-refractivity contribution in [2.24, 2.45) is 0 Å². The Balaban J connectivity index is 1.93. The lowest BCUT2D eigenvalue weighted by atomic mass is 9.94. The zero-order valence-electron chi connectivity index (χ0n) is 22.6. The van der Waals surface area contributed by atoms with Gasteiger partial charge in [-0.25, -0.2) is 0 Å². The normalized spacial score (nSPS) is 16.7. The molecule has 0 aliphatic carbocycles. The second kappa shape index (κ2) is 11.0. The highest BCUT2D eigenvalue weighted by molar-refractivity contribution is 6.51. The predicted octanol–water partition coefficient (Wildman–Crippen LogP) is 6.12. The van der Waals surface area contributed by atoms with Gasteiger partial charge in [0.1, 0.15) is 11.5 Å². The molecule has 1 N–H and O–H groups in total. The number of ether oxygens (including phenoxy) is 3. The van der Waals surface area contributed by atoms with Gasteiger partial charge in [-0.1, -0.05) is 18.2 Å². The molecule has 0 bridgehead atoms. The van der Waals surface area contributed by atoms with Crippen molar-refractivity contribution in [3.63, 3.8) is 0 Å². The van der Waals surface area contributed by atoms with E-state index in [9.17, 15) is 14.7 Å². The van der Waals surface area contributed by atoms with E-state index in [1.54, 1.807) is 49.6 Å². The zero-order chi connectivity index (χ0) is 27.6. The molecule has 1 unspecified atom stereocenters. The Morgan fingerprint density at radius 1 is 1.00 bits per heavy atom. The number of aliphatic hydroxyl groups excluding tert-OH is 1. The van der Waals surface area contributed by atoms with E-state index in [0.29, 0.717) is 40.7 Å². The highest BCUT2D eigenvalue weighted by Gasteiger charge is 2.47. The lowest BCUT2D eigenvalue weighted by Gasteiger charge is -2.28. The maximum Gasteiger partial charge on any atom is 0.300 e. The van der Waals surface area contributed by atoms with Crippen LogP contribution in [0.2, 0.25) is 0 Å². The summed E-state index contributed by atoms with van der Waals surface area (Å²) in [7, 11) is 1.55. The topological polar surface area (TPSA) is 85.3 Å². The number of amides is 1. The quantitative estimate of drug-likeness (QED) is 0.221. The molecule has 0 spiro atoms. The molecule has 1 fully saturated rings. The molecule has 1 aliphatic heterocycles. The van der Waals surface area contributed by atoms with Crippen molar-refractivity contribution >= 4 is 23.1 Å². The number of benzene rings is 3. The van der Waals surface area contributed by atoms with Gasteiger partial charge in [-0.15, -0.1) is 0 Å². The Kier molecular flexibility index (Phi) is 7.76. The predicted molar refractivity (Wildman–Crippen MR) is 147 cm³/mol. The zero-order valence-corrected chi connectivity index (χ0v) is 22.6. The minimum Gasteiger partial charge on any atom is -0.507 e. The van der Waals surface area contributed by atoms with Crippen LogP contribution in [0.4, 0.5) is 5.69 Å². The molecular weight excluding hydrogens is 482 g/mol. The number of aryl methyl sites for hydroxylation is 1. The van der Waals surface area contributed by atoms with Crippen LogP contribution >= 0.6 is 0 Å². The van der Waals surface area contributed by atoms with Crippen LogP contribution < -0.4 is 19.1 Å². The Morgan fingerprint density at radius 2 is 1.71 bits per heavy atom. The van der Waals surface area contributed by atoms with Crippen molar-refractivity contribution in [2.45, 2.75) is 46.8 Å². The molecule has 38 heavy (non-hydrogen) atoms. The average molecular weight is 516 g/mol. The molecule has 1 saturated heterocycles. The number of hydrogen-bond donors (Lipinski definition) is 1. The fourth-order valence-electron chi connectivity index (χ4n) is 4.64. The number of Topliss-reactive ketones (excluding diaryl/α,β-unsaturated/α-hetero) is 1. The second-order valence-electron chi connectivity index (χ2n) is 9.42. The van der Waals surface area contributed by atoms with Gasteiger partial charge in [-0.2, -0.15) is 0 Å². The fourth-order valence-corrected chi connectivity index (χ4v) is 4.64. The van der Waals surface area contributed by atoms with E-state index < -0.39 is 17.7 Å². The third-order valence-electron chi connectivity index (χ3n) is 6.58. The number of methoxy groups -OCH3 is 1. The number of anilines is 1. The molecule has 3 aromatic rings. The minimum atomic E-state index is -0.882. The number of ketones is 1. The van der Waals surface area contributed by atoms with Crippen molar-refractivity contribution in [1.82, 2.24) is 0 Å². The molecule has 7 nitrogen and oxygen atoms in total. The molecular formula is C31H33NO6. The van der Waals surface area contributed by atoms with E-state index in [4.69, 9.17) is 14.2 Å². The highest BCUT2D eigenvalue weighted by atomic mass is 16.5. The molecule has 7 heteroatoms. The summed E-state index contributed by atoms with van der Waals surface area (Å²) in [6, 6.07) is 16.8. The van der Waals surface area contributed by atoms with Crippen LogP contribution in [0.5, 0.6) is 17.2 Å². The Hall–Kier alpha value is -4.26. The smallest absolute Gasteiger partial charge is 0.300 e. The summed E-state index contributed by atoms with van der Waals surface area (Å²) in [6.07, 6.45) is -0.00746. The lowest BCUT2D eigenvalue weighted by molar-refractivity contribution is -0.132. The summed E-state index contributed by atoms with van der Waals surface area (Å²) in [5, 5.41) is 11.5. The molecule has 4 rings (SSSR count). The third kappa shape index (κ3) is 4.96. The summed E-state index contributed by atoms with van der Waals surface area (Å²) >= 11 is 0. The van der Waals surface area contributed by atoms with Gasteiger partial charge in [-0.3, -0.25) is 14.5 Å². The van der Waals surface area contributed by atoms with Crippen molar-refractivity contribution < 1.29 is 28.9 Å². The lowest BCUT2D eigenvalue weighted by Crippen LogP contribution is -2.30. The van der Waals surface area contributed by atoms with E-state index >= 15 is 0 Å². The number of nitrogens with zero attached hydrogens (tertiary/aromatic N) is 1. The fraction of sp³-hybridized carbons (Fsp3) is 0.290. The minimum absolute atomic E-state index is 0.000972. The first-order valence-electron chi connectivity index (χ1n) is 12.6. The monoisotopic (exact) mass is 515 g/mol. The van der Waals surface area contributed by atoms with Crippen LogP contribution in [-0.2, 0) is 9.59 Å². The van der Waals surface area contributed by atoms with Gasteiger partial charge in [-0.05, 0) is 93.8 Å². The summed E-state index contributed by atoms with van der Waals surface area (Å²) < 4.78 is 16.9. The Morgan fingerprint density at radius 3 is 2.34 bits per heavy atom. The van der Waals surface area contributed by atoms with E-state index in [1.165, 1.54) is 4.90 Å². The first-order valence-corrected chi connectivity index (χ1v) is 12.6. The van der Waals surface area contributed by atoms with E-state index in [0.717, 1.165) is 11.1 Å². The molecule has 0 aromatic heterocycles. The summed E-state index contributed by atoms with van der Waals surface area (Å²) in [5.74, 6) is -0.0794. The third-order valence-corrected chi connectivity index (χ3v) is 6.58. The van der Waals surface area contributed by atoms with Crippen molar-refractivity contribution in [3.05, 3.63) is 88.5 Å². The van der Waals surface area contributed by atoms with Crippen LogP contribution in [-0.4, -0.2) is 36.6 Å². The van der Waals surface area contributed by atoms with Gasteiger partial charge in [0.05, 0.1) is 31.4 Å². The summed E-state index contributed by atoms with van der Waals surface area (Å²) in [4.78, 5) is 28.6. The molecule has 1 heterocycles. The number of rotatable bonds is 8. The van der Waals surface area contributed by atoms with Gasteiger partial charge in [0.2, 0.25) is 0 Å². The first-order chi connectivity index (χ1) is 18.2. The molecule has 198 valence electrons. The molecule has 0 saturated carbocycles. The second-order valence-corrected chi connectivity index (χ2v) is 9.42. The molecule has 0 radical (unpaired) electrons. The summed E-state index contributed by atoms with van der Waals surface area (Å²) in [6.45, 7) is 9.98. The van der Waals surface area contributed by atoms with Crippen LogP contribution in [0.25, 0.3) is 5.76 Å². The van der Waals surface area contributed by atoms with Gasteiger partial charge in [0, 0.05) is 11.3 Å². The van der Waals surface area contributed by atoms with Crippen LogP contribution in [0, 0.1) is 13.8 Å². The maximum absolute atomic E-state index is 13.6. The van der Waals surface area contributed by atoms with Crippen molar-refractivity contribution in [3.8, 4) is 17.2 Å². The van der Waals surface area contributed by atoms with Crippen molar-refractivity contribution in [2.75, 3.05) is 18.6 Å². The number of hydrogen-bond acceptors (Lipinski definition) is 6. The van der Waals surface area contributed by atoms with Gasteiger partial charge in [0.15, 0.2) is 11.5 Å². The van der Waals surface area contributed by atoms with Crippen molar-refractivity contribution in [1.29, 1.82) is 0 Å². The highest BCUT2D eigenvalue weighted by Crippen LogP contribution is 2.45. The molecule has 1 aliphatic rings. The van der Waals surface area contributed by atoms with E-state index in [1.807, 2.05) is 52.8 Å². The van der Waals surface area contributed by atoms with Gasteiger partial charge < -0.3 is 19.3 Å². The molecule has 1 amide bonds. The maximum atomic E-state index is 13.6. The number of carbonyl (C=O) groups excluding carboxylic acids is 2. The summed E-state index contributed by atoms with van der Waals surface area (Å²) in [5.41, 5.74) is 3.47.